The largest absolute Gasteiger partial charge is 0.321 e. The topological polar surface area (TPSA) is 0 Å². The van der Waals surface area contributed by atoms with E-state index in [9.17, 15) is 0 Å². The summed E-state index contributed by atoms with van der Waals surface area (Å²) < 4.78 is 0. The van der Waals surface area contributed by atoms with Crippen LogP contribution in [-0.4, -0.2) is 8.80 Å². The van der Waals surface area contributed by atoms with Gasteiger partial charge < -0.3 is 6.92 Å². The lowest BCUT2D eigenvalue weighted by molar-refractivity contribution is 1.02. The van der Waals surface area contributed by atoms with E-state index in [1.807, 2.05) is 0 Å². The van der Waals surface area contributed by atoms with Crippen LogP contribution in [0.3, 0.4) is 0 Å². The predicted molar refractivity (Wildman–Crippen MR) is 44.8 cm³/mol. The number of hydrogen-bond acceptors (Lipinski definition) is 0. The van der Waals surface area contributed by atoms with Crippen molar-refractivity contribution in [2.24, 2.45) is 0 Å². The van der Waals surface area contributed by atoms with Gasteiger partial charge in [0.25, 0.3) is 0 Å². The minimum absolute atomic E-state index is 0.256. The van der Waals surface area contributed by atoms with Crippen molar-refractivity contribution in [2.75, 3.05) is 0 Å². The SMILES string of the molecule is [CH2+]C[Si+](C[CH2-])C([CH2+])([CH2-])[CH2-]. The molecule has 0 saturated carbocycles. The molecule has 0 aromatic rings. The maximum atomic E-state index is 3.86. The fourth-order valence-corrected chi connectivity index (χ4v) is 1.97. The highest BCUT2D eigenvalue weighted by atomic mass is 28.3. The first-order valence-corrected chi connectivity index (χ1v) is 4.93. The third-order valence-electron chi connectivity index (χ3n) is 1.35. The molecule has 0 N–H and O–H groups in total. The zero-order chi connectivity index (χ0) is 7.49. The number of rotatable bonds is 3. The standard InChI is InChI=1S/C8H14Si/c1-6-9(7-2)8(3,4)5/h1-7H2. The molecular formula is C8H14Si. The summed E-state index contributed by atoms with van der Waals surface area (Å²) >= 11 is 0. The van der Waals surface area contributed by atoms with E-state index in [1.165, 1.54) is 0 Å². The molecule has 0 unspecified atom stereocenters. The summed E-state index contributed by atoms with van der Waals surface area (Å²) in [4.78, 5) is 0. The molecule has 0 aromatic heterocycles. The summed E-state index contributed by atoms with van der Waals surface area (Å²) in [7, 11) is -0.594. The van der Waals surface area contributed by atoms with Crippen LogP contribution >= 0.6 is 0 Å². The predicted octanol–water partition coefficient (Wildman–Crippen LogP) is 2.39. The van der Waals surface area contributed by atoms with Crippen molar-refractivity contribution in [1.82, 2.24) is 0 Å². The first-order valence-electron chi connectivity index (χ1n) is 3.02. The van der Waals surface area contributed by atoms with Crippen LogP contribution in [0.2, 0.25) is 17.1 Å². The van der Waals surface area contributed by atoms with E-state index in [-0.39, 0.29) is 5.04 Å². The molecule has 0 aliphatic carbocycles. The molecule has 0 amide bonds. The van der Waals surface area contributed by atoms with E-state index in [2.05, 4.69) is 34.6 Å². The quantitative estimate of drug-likeness (QED) is 0.415. The van der Waals surface area contributed by atoms with Gasteiger partial charge in [0, 0.05) is 6.92 Å². The summed E-state index contributed by atoms with van der Waals surface area (Å²) in [5, 5.41) is -0.256. The van der Waals surface area contributed by atoms with E-state index >= 15 is 0 Å². The second kappa shape index (κ2) is 3.21. The monoisotopic (exact) mass is 138 g/mol. The molecular weight excluding hydrogens is 124 g/mol. The minimum atomic E-state index is -0.594. The highest BCUT2D eigenvalue weighted by Gasteiger charge is 2.32. The van der Waals surface area contributed by atoms with Gasteiger partial charge in [-0.25, -0.2) is 0 Å². The van der Waals surface area contributed by atoms with Crippen LogP contribution in [0, 0.1) is 34.6 Å². The molecule has 0 atom stereocenters. The van der Waals surface area contributed by atoms with Crippen molar-refractivity contribution in [1.29, 1.82) is 0 Å². The van der Waals surface area contributed by atoms with Gasteiger partial charge in [0.1, 0.15) is 0 Å². The highest BCUT2D eigenvalue weighted by molar-refractivity contribution is 6.63. The molecule has 0 aliphatic heterocycles. The second-order valence-corrected chi connectivity index (χ2v) is 5.65. The lowest BCUT2D eigenvalue weighted by Gasteiger charge is -2.21. The van der Waals surface area contributed by atoms with Crippen molar-refractivity contribution in [3.63, 3.8) is 0 Å². The van der Waals surface area contributed by atoms with Crippen molar-refractivity contribution in [2.45, 2.75) is 17.1 Å². The Bertz CT molecular complexity index is 67.1. The zero-order valence-electron chi connectivity index (χ0n) is 5.95. The van der Waals surface area contributed by atoms with Gasteiger partial charge in [-0.05, 0) is 5.04 Å². The summed E-state index contributed by atoms with van der Waals surface area (Å²) in [6.07, 6.45) is 0. The van der Waals surface area contributed by atoms with E-state index < -0.39 is 8.80 Å². The third-order valence-corrected chi connectivity index (χ3v) is 4.06. The molecule has 0 aliphatic rings. The Hall–Kier alpha value is -0.0431. The van der Waals surface area contributed by atoms with E-state index in [0.717, 1.165) is 12.1 Å². The van der Waals surface area contributed by atoms with Crippen molar-refractivity contribution in [3.8, 4) is 0 Å². The van der Waals surface area contributed by atoms with Crippen molar-refractivity contribution < 1.29 is 0 Å². The molecule has 0 bridgehead atoms. The summed E-state index contributed by atoms with van der Waals surface area (Å²) in [5.41, 5.74) is 0. The minimum Gasteiger partial charge on any atom is -0.313 e. The van der Waals surface area contributed by atoms with Gasteiger partial charge in [-0.3, -0.25) is 13.8 Å². The molecule has 0 aromatic carbocycles. The zero-order valence-corrected chi connectivity index (χ0v) is 6.95. The Morgan fingerprint density at radius 3 is 1.89 bits per heavy atom. The van der Waals surface area contributed by atoms with Gasteiger partial charge in [-0.15, -0.1) is 0 Å². The molecule has 9 heavy (non-hydrogen) atoms. The Balaban J connectivity index is 3.79. The van der Waals surface area contributed by atoms with Crippen LogP contribution in [0.15, 0.2) is 0 Å². The lowest BCUT2D eigenvalue weighted by atomic mass is 10.2. The Labute approximate surface area is 61.3 Å². The molecule has 0 fully saturated rings. The van der Waals surface area contributed by atoms with Crippen LogP contribution in [-0.2, 0) is 0 Å². The van der Waals surface area contributed by atoms with Gasteiger partial charge in [-0.1, -0.05) is 6.04 Å². The second-order valence-electron chi connectivity index (χ2n) is 2.38. The molecule has 0 rings (SSSR count). The maximum absolute atomic E-state index is 3.86. The van der Waals surface area contributed by atoms with Crippen LogP contribution in [0.5, 0.6) is 0 Å². The van der Waals surface area contributed by atoms with Gasteiger partial charge in [-0.2, -0.15) is 0 Å². The van der Waals surface area contributed by atoms with Crippen molar-refractivity contribution in [3.05, 3.63) is 34.6 Å². The average molecular weight is 138 g/mol. The normalized spacial score (nSPS) is 11.4. The number of hydrogen-bond donors (Lipinski definition) is 0. The summed E-state index contributed by atoms with van der Waals surface area (Å²) in [6, 6.07) is 1.84. The molecule has 0 spiro atoms. The van der Waals surface area contributed by atoms with Crippen LogP contribution in [0.25, 0.3) is 0 Å². The molecule has 0 saturated heterocycles. The summed E-state index contributed by atoms with van der Waals surface area (Å²) in [6.45, 7) is 19.2. The molecule has 1 heteroatoms. The van der Waals surface area contributed by atoms with Crippen LogP contribution in [0.1, 0.15) is 0 Å². The fourth-order valence-electron chi connectivity index (χ4n) is 0.655. The van der Waals surface area contributed by atoms with Crippen LogP contribution in [0.4, 0.5) is 0 Å². The average Bonchev–Trinajstić information content (AvgIpc) is 1.65. The van der Waals surface area contributed by atoms with Gasteiger partial charge in [0.05, 0.1) is 6.92 Å². The Kier molecular flexibility index (Phi) is 3.19. The highest BCUT2D eigenvalue weighted by Crippen LogP contribution is 2.29. The molecule has 0 radical (unpaired) electrons. The lowest BCUT2D eigenvalue weighted by Crippen LogP contribution is -2.23. The molecule has 0 nitrogen and oxygen atoms in total. The van der Waals surface area contributed by atoms with Crippen LogP contribution < -0.4 is 0 Å². The Morgan fingerprint density at radius 1 is 1.44 bits per heavy atom. The van der Waals surface area contributed by atoms with Crippen molar-refractivity contribution >= 4 is 8.80 Å². The van der Waals surface area contributed by atoms with E-state index in [1.54, 1.807) is 0 Å². The summed E-state index contributed by atoms with van der Waals surface area (Å²) in [5.74, 6) is 0. The first kappa shape index (κ1) is 8.96. The first-order chi connectivity index (χ1) is 4.02. The molecule has 0 heterocycles. The van der Waals surface area contributed by atoms with Gasteiger partial charge >= 0.3 is 8.80 Å². The maximum Gasteiger partial charge on any atom is 0.321 e. The third kappa shape index (κ3) is 2.85. The Morgan fingerprint density at radius 2 is 1.89 bits per heavy atom. The molecule has 50 valence electrons. The van der Waals surface area contributed by atoms with Gasteiger partial charge in [0.15, 0.2) is 6.04 Å². The van der Waals surface area contributed by atoms with Gasteiger partial charge in [0.2, 0.25) is 0 Å². The fraction of sp³-hybridized carbons (Fsp3) is 0.375. The smallest absolute Gasteiger partial charge is 0.313 e. The van der Waals surface area contributed by atoms with E-state index in [0.29, 0.717) is 0 Å². The van der Waals surface area contributed by atoms with E-state index in [4.69, 9.17) is 0 Å².